The average Bonchev–Trinajstić information content (AvgIpc) is 2.90. The topological polar surface area (TPSA) is 88.2 Å². The van der Waals surface area contributed by atoms with E-state index in [4.69, 9.17) is 9.47 Å². The third-order valence-corrected chi connectivity index (χ3v) is 9.76. The van der Waals surface area contributed by atoms with Gasteiger partial charge in [0, 0.05) is 39.8 Å². The summed E-state index contributed by atoms with van der Waals surface area (Å²) in [5, 5.41) is 3.67. The van der Waals surface area contributed by atoms with Crippen LogP contribution >= 0.6 is 0 Å². The van der Waals surface area contributed by atoms with Crippen LogP contribution in [0.4, 0.5) is 0 Å². The number of benzene rings is 2. The SMILES string of the molecule is COc1cc(C)c(S(=O)(=O)N(C)CCOCC(=O)N(C)Cc2ccc(CNC3CCC(C)CC3)cc2)c(C)c1. The molecule has 1 N–H and O–H groups in total. The van der Waals surface area contributed by atoms with E-state index >= 15 is 0 Å². The fraction of sp³-hybridized carbons (Fsp3) is 0.567. The predicted octanol–water partition coefficient (Wildman–Crippen LogP) is 4.28. The number of sulfonamides is 1. The Labute approximate surface area is 234 Å². The molecule has 0 atom stereocenters. The van der Waals surface area contributed by atoms with Crippen molar-refractivity contribution >= 4 is 15.9 Å². The van der Waals surface area contributed by atoms with Crippen molar-refractivity contribution < 1.29 is 22.7 Å². The molecule has 2 aromatic carbocycles. The Hall–Kier alpha value is -2.46. The molecule has 0 aromatic heterocycles. The molecule has 1 amide bonds. The summed E-state index contributed by atoms with van der Waals surface area (Å²) in [6.45, 7) is 7.34. The third-order valence-electron chi connectivity index (χ3n) is 7.59. The van der Waals surface area contributed by atoms with Gasteiger partial charge in [0.1, 0.15) is 12.4 Å². The van der Waals surface area contributed by atoms with Crippen LogP contribution in [0.15, 0.2) is 41.3 Å². The number of likely N-dealkylation sites (N-methyl/N-ethyl adjacent to an activating group) is 2. The minimum atomic E-state index is -3.70. The molecular formula is C30H45N3O5S. The summed E-state index contributed by atoms with van der Waals surface area (Å²) in [4.78, 5) is 14.5. The lowest BCUT2D eigenvalue weighted by Crippen LogP contribution is -2.33. The number of carbonyl (C=O) groups is 1. The van der Waals surface area contributed by atoms with Gasteiger partial charge in [-0.1, -0.05) is 31.2 Å². The lowest BCUT2D eigenvalue weighted by molar-refractivity contribution is -0.135. The van der Waals surface area contributed by atoms with Crippen LogP contribution in [-0.2, 0) is 32.6 Å². The van der Waals surface area contributed by atoms with E-state index in [2.05, 4.69) is 36.5 Å². The van der Waals surface area contributed by atoms with Crippen LogP contribution in [-0.4, -0.2) is 70.5 Å². The van der Waals surface area contributed by atoms with Crippen LogP contribution in [0, 0.1) is 19.8 Å². The van der Waals surface area contributed by atoms with Crippen LogP contribution in [0.25, 0.3) is 0 Å². The van der Waals surface area contributed by atoms with Gasteiger partial charge in [-0.15, -0.1) is 0 Å². The van der Waals surface area contributed by atoms with Gasteiger partial charge in [-0.3, -0.25) is 4.79 Å². The zero-order valence-corrected chi connectivity index (χ0v) is 25.1. The molecule has 0 unspecified atom stereocenters. The third kappa shape index (κ3) is 8.76. The average molecular weight is 560 g/mol. The van der Waals surface area contributed by atoms with Gasteiger partial charge in [-0.05, 0) is 79.8 Å². The molecule has 1 aliphatic carbocycles. The van der Waals surface area contributed by atoms with Crippen molar-refractivity contribution in [1.82, 2.24) is 14.5 Å². The standard InChI is InChI=1S/C30H45N3O5S/c1-22-7-13-27(14-8-22)31-19-25-9-11-26(12-10-25)20-32(4)29(34)21-38-16-15-33(5)39(35,36)30-23(2)17-28(37-6)18-24(30)3/h9-12,17-18,22,27,31H,7-8,13-16,19-21H2,1-6H3. The molecule has 0 radical (unpaired) electrons. The number of aryl methyl sites for hydroxylation is 2. The van der Waals surface area contributed by atoms with Gasteiger partial charge in [-0.2, -0.15) is 4.31 Å². The van der Waals surface area contributed by atoms with E-state index in [1.54, 1.807) is 45.0 Å². The lowest BCUT2D eigenvalue weighted by Gasteiger charge is -2.27. The van der Waals surface area contributed by atoms with Crippen LogP contribution in [0.5, 0.6) is 5.75 Å². The van der Waals surface area contributed by atoms with E-state index in [0.717, 1.165) is 18.0 Å². The van der Waals surface area contributed by atoms with Gasteiger partial charge in [0.2, 0.25) is 15.9 Å². The summed E-state index contributed by atoms with van der Waals surface area (Å²) in [5.74, 6) is 1.32. The molecular weight excluding hydrogens is 514 g/mol. The molecule has 9 heteroatoms. The first-order chi connectivity index (χ1) is 18.5. The van der Waals surface area contributed by atoms with Gasteiger partial charge < -0.3 is 19.7 Å². The van der Waals surface area contributed by atoms with Crippen molar-refractivity contribution in [3.8, 4) is 5.75 Å². The highest BCUT2D eigenvalue weighted by Gasteiger charge is 2.25. The monoisotopic (exact) mass is 559 g/mol. The van der Waals surface area contributed by atoms with Gasteiger partial charge in [0.15, 0.2) is 0 Å². The Bertz CT molecular complexity index is 1170. The molecule has 216 valence electrons. The first-order valence-electron chi connectivity index (χ1n) is 13.8. The molecule has 39 heavy (non-hydrogen) atoms. The quantitative estimate of drug-likeness (QED) is 0.369. The maximum Gasteiger partial charge on any atom is 0.248 e. The van der Waals surface area contributed by atoms with Crippen LogP contribution in [0.2, 0.25) is 0 Å². The molecule has 0 heterocycles. The number of hydrogen-bond donors (Lipinski definition) is 1. The molecule has 1 aliphatic rings. The van der Waals surface area contributed by atoms with Gasteiger partial charge in [0.25, 0.3) is 0 Å². The Balaban J connectivity index is 1.40. The maximum absolute atomic E-state index is 13.1. The minimum Gasteiger partial charge on any atom is -0.497 e. The highest BCUT2D eigenvalue weighted by molar-refractivity contribution is 7.89. The number of methoxy groups -OCH3 is 1. The van der Waals surface area contributed by atoms with Crippen LogP contribution < -0.4 is 10.1 Å². The van der Waals surface area contributed by atoms with E-state index in [-0.39, 0.29) is 30.6 Å². The van der Waals surface area contributed by atoms with Gasteiger partial charge >= 0.3 is 0 Å². The van der Waals surface area contributed by atoms with Crippen LogP contribution in [0.3, 0.4) is 0 Å². The number of nitrogens with zero attached hydrogens (tertiary/aromatic N) is 2. The normalized spacial score (nSPS) is 17.8. The van der Waals surface area contributed by atoms with Crippen molar-refractivity contribution in [2.75, 3.05) is 41.0 Å². The van der Waals surface area contributed by atoms with E-state index < -0.39 is 10.0 Å². The number of hydrogen-bond acceptors (Lipinski definition) is 6. The van der Waals surface area contributed by atoms with Crippen LogP contribution in [0.1, 0.15) is 54.9 Å². The summed E-state index contributed by atoms with van der Waals surface area (Å²) in [6.07, 6.45) is 5.11. The molecule has 1 saturated carbocycles. The predicted molar refractivity (Wildman–Crippen MR) is 154 cm³/mol. The highest BCUT2D eigenvalue weighted by atomic mass is 32.2. The largest absolute Gasteiger partial charge is 0.497 e. The Kier molecular flexibility index (Phi) is 11.4. The molecule has 0 bridgehead atoms. The molecule has 1 fully saturated rings. The van der Waals surface area contributed by atoms with E-state index in [0.29, 0.717) is 29.5 Å². The maximum atomic E-state index is 13.1. The summed E-state index contributed by atoms with van der Waals surface area (Å²) in [6, 6.07) is 12.4. The molecule has 0 spiro atoms. The zero-order valence-electron chi connectivity index (χ0n) is 24.3. The second-order valence-electron chi connectivity index (χ2n) is 10.9. The van der Waals surface area contributed by atoms with Crippen molar-refractivity contribution in [3.05, 3.63) is 58.7 Å². The number of carbonyl (C=O) groups excluding carboxylic acids is 1. The molecule has 3 rings (SSSR count). The number of amides is 1. The summed E-state index contributed by atoms with van der Waals surface area (Å²) in [5.41, 5.74) is 3.55. The second kappa shape index (κ2) is 14.3. The fourth-order valence-corrected chi connectivity index (χ4v) is 6.58. The van der Waals surface area contributed by atoms with Gasteiger partial charge in [-0.25, -0.2) is 8.42 Å². The van der Waals surface area contributed by atoms with E-state index in [1.807, 2.05) is 0 Å². The number of nitrogens with one attached hydrogen (secondary N) is 1. The molecule has 2 aromatic rings. The second-order valence-corrected chi connectivity index (χ2v) is 12.9. The number of ether oxygens (including phenoxy) is 2. The summed E-state index contributed by atoms with van der Waals surface area (Å²) in [7, 11) is 1.12. The smallest absolute Gasteiger partial charge is 0.248 e. The molecule has 8 nitrogen and oxygen atoms in total. The Morgan fingerprint density at radius 2 is 1.59 bits per heavy atom. The summed E-state index contributed by atoms with van der Waals surface area (Å²) >= 11 is 0. The first-order valence-corrected chi connectivity index (χ1v) is 15.2. The molecule has 0 aliphatic heterocycles. The minimum absolute atomic E-state index is 0.104. The van der Waals surface area contributed by atoms with Gasteiger partial charge in [0.05, 0.1) is 18.6 Å². The van der Waals surface area contributed by atoms with Crippen molar-refractivity contribution in [2.45, 2.75) is 70.5 Å². The Morgan fingerprint density at radius 1 is 1.00 bits per heavy atom. The lowest BCUT2D eigenvalue weighted by atomic mass is 9.87. The van der Waals surface area contributed by atoms with Crippen molar-refractivity contribution in [1.29, 1.82) is 0 Å². The summed E-state index contributed by atoms with van der Waals surface area (Å²) < 4.78 is 38.3. The fourth-order valence-electron chi connectivity index (χ4n) is 5.03. The highest BCUT2D eigenvalue weighted by Crippen LogP contribution is 2.27. The van der Waals surface area contributed by atoms with E-state index in [9.17, 15) is 13.2 Å². The first kappa shape index (κ1) is 31.1. The Morgan fingerprint density at radius 3 is 2.18 bits per heavy atom. The zero-order chi connectivity index (χ0) is 28.6. The van der Waals surface area contributed by atoms with E-state index in [1.165, 1.54) is 42.6 Å². The van der Waals surface area contributed by atoms with Crippen molar-refractivity contribution in [2.24, 2.45) is 5.92 Å². The molecule has 0 saturated heterocycles. The van der Waals surface area contributed by atoms with Crippen molar-refractivity contribution in [3.63, 3.8) is 0 Å². The number of rotatable bonds is 13.